The number of amides is 1. The number of esters is 1. The minimum absolute atomic E-state index is 0.167. The molecular formula is C12H14N2O5. The summed E-state index contributed by atoms with van der Waals surface area (Å²) in [7, 11) is 1.23. The van der Waals surface area contributed by atoms with Crippen LogP contribution in [-0.4, -0.2) is 41.9 Å². The Hall–Kier alpha value is -2.44. The van der Waals surface area contributed by atoms with Gasteiger partial charge in [0.2, 0.25) is 0 Å². The average molecular weight is 266 g/mol. The van der Waals surface area contributed by atoms with E-state index in [1.165, 1.54) is 36.3 Å². The summed E-state index contributed by atoms with van der Waals surface area (Å²) >= 11 is 0. The van der Waals surface area contributed by atoms with Crippen LogP contribution in [0.3, 0.4) is 0 Å². The maximum absolute atomic E-state index is 12.1. The Morgan fingerprint density at radius 1 is 1.42 bits per heavy atom. The first kappa shape index (κ1) is 14.6. The number of benzene rings is 1. The summed E-state index contributed by atoms with van der Waals surface area (Å²) in [5.74, 6) is -0.989. The fourth-order valence-corrected chi connectivity index (χ4v) is 1.48. The van der Waals surface area contributed by atoms with Gasteiger partial charge >= 0.3 is 5.97 Å². The highest BCUT2D eigenvalue weighted by atomic mass is 16.6. The van der Waals surface area contributed by atoms with E-state index >= 15 is 0 Å². The third-order valence-corrected chi connectivity index (χ3v) is 2.52. The minimum Gasteiger partial charge on any atom is -0.468 e. The van der Waals surface area contributed by atoms with E-state index in [1.54, 1.807) is 6.92 Å². The lowest BCUT2D eigenvalue weighted by molar-refractivity contribution is -0.384. The van der Waals surface area contributed by atoms with Crippen LogP contribution in [0, 0.1) is 10.1 Å². The topological polar surface area (TPSA) is 89.8 Å². The van der Waals surface area contributed by atoms with Crippen LogP contribution in [0.15, 0.2) is 24.3 Å². The van der Waals surface area contributed by atoms with E-state index in [2.05, 4.69) is 4.74 Å². The van der Waals surface area contributed by atoms with Crippen molar-refractivity contribution < 1.29 is 19.2 Å². The Balaban J connectivity index is 2.94. The number of non-ortho nitro benzene ring substituents is 1. The molecule has 0 N–H and O–H groups in total. The van der Waals surface area contributed by atoms with Crippen molar-refractivity contribution in [3.05, 3.63) is 39.9 Å². The molecule has 0 aliphatic carbocycles. The molecule has 7 nitrogen and oxygen atoms in total. The zero-order chi connectivity index (χ0) is 14.4. The quantitative estimate of drug-likeness (QED) is 0.454. The molecule has 0 heterocycles. The minimum atomic E-state index is -0.576. The first-order chi connectivity index (χ1) is 8.99. The van der Waals surface area contributed by atoms with E-state index < -0.39 is 16.8 Å². The standard InChI is InChI=1S/C12H14N2O5/c1-3-13(8-11(15)19-2)12(16)9-5-4-6-10(7-9)14(17)18/h4-7H,3,8H2,1-2H3. The summed E-state index contributed by atoms with van der Waals surface area (Å²) in [5, 5.41) is 10.6. The number of nitrogens with zero attached hydrogens (tertiary/aromatic N) is 2. The molecule has 0 unspecified atom stereocenters. The molecule has 1 aromatic rings. The lowest BCUT2D eigenvalue weighted by atomic mass is 10.1. The molecule has 0 bridgehead atoms. The van der Waals surface area contributed by atoms with Gasteiger partial charge in [-0.25, -0.2) is 0 Å². The van der Waals surface area contributed by atoms with Crippen molar-refractivity contribution in [2.45, 2.75) is 6.92 Å². The van der Waals surface area contributed by atoms with E-state index in [-0.39, 0.29) is 17.8 Å². The first-order valence-electron chi connectivity index (χ1n) is 5.60. The van der Waals surface area contributed by atoms with Gasteiger partial charge in [-0.15, -0.1) is 0 Å². The molecule has 0 aromatic heterocycles. The first-order valence-corrected chi connectivity index (χ1v) is 5.60. The molecule has 0 aliphatic heterocycles. The smallest absolute Gasteiger partial charge is 0.325 e. The number of carbonyl (C=O) groups is 2. The molecular weight excluding hydrogens is 252 g/mol. The summed E-state index contributed by atoms with van der Waals surface area (Å²) in [6.45, 7) is 1.82. The fourth-order valence-electron chi connectivity index (χ4n) is 1.48. The van der Waals surface area contributed by atoms with E-state index in [0.717, 1.165) is 0 Å². The molecule has 7 heteroatoms. The van der Waals surface area contributed by atoms with Crippen molar-refractivity contribution in [3.63, 3.8) is 0 Å². The molecule has 0 radical (unpaired) electrons. The number of likely N-dealkylation sites (N-methyl/N-ethyl adjacent to an activating group) is 1. The Morgan fingerprint density at radius 2 is 2.11 bits per heavy atom. The van der Waals surface area contributed by atoms with Gasteiger partial charge in [-0.2, -0.15) is 0 Å². The van der Waals surface area contributed by atoms with Crippen molar-refractivity contribution in [3.8, 4) is 0 Å². The van der Waals surface area contributed by atoms with Crippen molar-refractivity contribution in [1.82, 2.24) is 4.90 Å². The van der Waals surface area contributed by atoms with Crippen LogP contribution in [-0.2, 0) is 9.53 Å². The van der Waals surface area contributed by atoms with Gasteiger partial charge in [0.1, 0.15) is 6.54 Å². The third-order valence-electron chi connectivity index (χ3n) is 2.52. The summed E-state index contributed by atoms with van der Waals surface area (Å²) in [6.07, 6.45) is 0. The number of nitro benzene ring substituents is 1. The van der Waals surface area contributed by atoms with Crippen molar-refractivity contribution >= 4 is 17.6 Å². The van der Waals surface area contributed by atoms with E-state index in [1.807, 2.05) is 0 Å². The van der Waals surface area contributed by atoms with E-state index in [0.29, 0.717) is 6.54 Å². The molecule has 0 aliphatic rings. The number of hydrogen-bond donors (Lipinski definition) is 0. The van der Waals surface area contributed by atoms with E-state index in [9.17, 15) is 19.7 Å². The molecule has 1 rings (SSSR count). The highest BCUT2D eigenvalue weighted by molar-refractivity contribution is 5.96. The van der Waals surface area contributed by atoms with Crippen LogP contribution in [0.25, 0.3) is 0 Å². The molecule has 1 amide bonds. The molecule has 0 fully saturated rings. The molecule has 0 spiro atoms. The van der Waals surface area contributed by atoms with Gasteiger partial charge in [0.15, 0.2) is 0 Å². The van der Waals surface area contributed by atoms with Crippen LogP contribution < -0.4 is 0 Å². The lowest BCUT2D eigenvalue weighted by Gasteiger charge is -2.19. The zero-order valence-corrected chi connectivity index (χ0v) is 10.7. The van der Waals surface area contributed by atoms with Gasteiger partial charge in [0.25, 0.3) is 11.6 Å². The molecule has 0 saturated heterocycles. The molecule has 102 valence electrons. The summed E-state index contributed by atoms with van der Waals surface area (Å²) in [6, 6.07) is 5.38. The summed E-state index contributed by atoms with van der Waals surface area (Å²) in [4.78, 5) is 34.6. The largest absolute Gasteiger partial charge is 0.468 e. The second-order valence-electron chi connectivity index (χ2n) is 3.70. The van der Waals surface area contributed by atoms with Crippen LogP contribution in [0.2, 0.25) is 0 Å². The van der Waals surface area contributed by atoms with Crippen LogP contribution in [0.1, 0.15) is 17.3 Å². The van der Waals surface area contributed by atoms with Crippen LogP contribution in [0.5, 0.6) is 0 Å². The highest BCUT2D eigenvalue weighted by Gasteiger charge is 2.19. The van der Waals surface area contributed by atoms with Gasteiger partial charge in [0, 0.05) is 24.2 Å². The maximum Gasteiger partial charge on any atom is 0.325 e. The number of ether oxygens (including phenoxy) is 1. The van der Waals surface area contributed by atoms with Crippen molar-refractivity contribution in [2.75, 3.05) is 20.2 Å². The number of hydrogen-bond acceptors (Lipinski definition) is 5. The van der Waals surface area contributed by atoms with Gasteiger partial charge in [0.05, 0.1) is 12.0 Å². The second kappa shape index (κ2) is 6.48. The van der Waals surface area contributed by atoms with Crippen LogP contribution >= 0.6 is 0 Å². The maximum atomic E-state index is 12.1. The van der Waals surface area contributed by atoms with E-state index in [4.69, 9.17) is 0 Å². The third kappa shape index (κ3) is 3.77. The second-order valence-corrected chi connectivity index (χ2v) is 3.70. The van der Waals surface area contributed by atoms with Crippen LogP contribution in [0.4, 0.5) is 5.69 Å². The zero-order valence-electron chi connectivity index (χ0n) is 10.7. The number of nitro groups is 1. The number of methoxy groups -OCH3 is 1. The Bertz CT molecular complexity index is 501. The molecule has 0 atom stereocenters. The normalized spacial score (nSPS) is 9.79. The van der Waals surface area contributed by atoms with Gasteiger partial charge in [-0.05, 0) is 13.0 Å². The molecule has 19 heavy (non-hydrogen) atoms. The predicted molar refractivity (Wildman–Crippen MR) is 66.7 cm³/mol. The predicted octanol–water partition coefficient (Wildman–Crippen LogP) is 1.23. The Labute approximate surface area is 109 Å². The highest BCUT2D eigenvalue weighted by Crippen LogP contribution is 2.14. The Morgan fingerprint density at radius 3 is 2.63 bits per heavy atom. The lowest BCUT2D eigenvalue weighted by Crippen LogP contribution is -2.36. The molecule has 1 aromatic carbocycles. The molecule has 0 saturated carbocycles. The Kier molecular flexibility index (Phi) is 4.99. The number of carbonyl (C=O) groups excluding carboxylic acids is 2. The van der Waals surface area contributed by atoms with Crippen molar-refractivity contribution in [1.29, 1.82) is 0 Å². The summed E-state index contributed by atoms with van der Waals surface area (Å²) < 4.78 is 4.49. The monoisotopic (exact) mass is 266 g/mol. The fraction of sp³-hybridized carbons (Fsp3) is 0.333. The number of rotatable bonds is 5. The van der Waals surface area contributed by atoms with Gasteiger partial charge < -0.3 is 9.64 Å². The average Bonchev–Trinajstić information content (AvgIpc) is 2.43. The van der Waals surface area contributed by atoms with Gasteiger partial charge in [-0.3, -0.25) is 19.7 Å². The van der Waals surface area contributed by atoms with Crippen molar-refractivity contribution in [2.24, 2.45) is 0 Å². The SMILES string of the molecule is CCN(CC(=O)OC)C(=O)c1cccc([N+](=O)[O-])c1. The summed E-state index contributed by atoms with van der Waals surface area (Å²) in [5.41, 5.74) is -0.0000702. The van der Waals surface area contributed by atoms with Gasteiger partial charge in [-0.1, -0.05) is 6.07 Å².